The molecule has 5 rings (SSSR count). The quantitative estimate of drug-likeness (QED) is 0.846. The molecule has 1 saturated carbocycles. The Morgan fingerprint density at radius 1 is 1.03 bits per heavy atom. The van der Waals surface area contributed by atoms with Gasteiger partial charge in [0.25, 0.3) is 0 Å². The molecule has 0 bridgehead atoms. The lowest BCUT2D eigenvalue weighted by Crippen LogP contribution is -2.44. The molecule has 2 aromatic rings. The molecule has 0 unspecified atom stereocenters. The minimum absolute atomic E-state index is 0.315. The monoisotopic (exact) mass is 392 g/mol. The first-order valence-electron chi connectivity index (χ1n) is 11.4. The van der Waals surface area contributed by atoms with E-state index in [1.54, 1.807) is 0 Å². The van der Waals surface area contributed by atoms with Crippen LogP contribution < -0.4 is 4.90 Å². The summed E-state index contributed by atoms with van der Waals surface area (Å²) in [5.74, 6) is 1.46. The Labute approximate surface area is 173 Å². The molecule has 3 heterocycles. The number of rotatable bonds is 4. The van der Waals surface area contributed by atoms with Gasteiger partial charge in [-0.1, -0.05) is 25.3 Å². The van der Waals surface area contributed by atoms with Crippen LogP contribution in [0.25, 0.3) is 11.1 Å². The molecule has 1 N–H and O–H groups in total. The van der Waals surface area contributed by atoms with E-state index in [0.717, 1.165) is 63.8 Å². The van der Waals surface area contributed by atoms with Crippen molar-refractivity contribution in [3.8, 4) is 11.1 Å². The maximum atomic E-state index is 12.8. The molecule has 0 spiro atoms. The summed E-state index contributed by atoms with van der Waals surface area (Å²) in [6.45, 7) is 4.16. The summed E-state index contributed by atoms with van der Waals surface area (Å²) in [4.78, 5) is 17.5. The number of amides is 1. The first-order valence-corrected chi connectivity index (χ1v) is 11.4. The summed E-state index contributed by atoms with van der Waals surface area (Å²) < 4.78 is 0. The van der Waals surface area contributed by atoms with E-state index in [1.807, 2.05) is 12.4 Å². The van der Waals surface area contributed by atoms with Crippen molar-refractivity contribution < 1.29 is 4.79 Å². The molecule has 3 aliphatic rings. The normalized spacial score (nSPS) is 20.8. The number of nitrogens with one attached hydrogen (secondary N) is 1. The molecule has 5 heteroatoms. The van der Waals surface area contributed by atoms with Gasteiger partial charge in [0.1, 0.15) is 0 Å². The molecule has 1 amide bonds. The van der Waals surface area contributed by atoms with E-state index in [9.17, 15) is 4.79 Å². The molecule has 154 valence electrons. The molecule has 1 saturated heterocycles. The lowest BCUT2D eigenvalue weighted by molar-refractivity contribution is -0.137. The fourth-order valence-electron chi connectivity index (χ4n) is 5.50. The third-order valence-corrected chi connectivity index (χ3v) is 7.26. The van der Waals surface area contributed by atoms with Gasteiger partial charge in [-0.05, 0) is 61.3 Å². The Balaban J connectivity index is 1.16. The van der Waals surface area contributed by atoms with Crippen LogP contribution in [0.4, 0.5) is 5.69 Å². The number of carbonyl (C=O) groups excluding carboxylic acids is 1. The van der Waals surface area contributed by atoms with Gasteiger partial charge in [-0.15, -0.1) is 0 Å². The van der Waals surface area contributed by atoms with Gasteiger partial charge in [0.05, 0.1) is 6.20 Å². The number of likely N-dealkylation sites (tertiary alicyclic amines) is 1. The predicted octanol–water partition coefficient (Wildman–Crippen LogP) is 4.26. The minimum atomic E-state index is 0.315. The topological polar surface area (TPSA) is 52.2 Å². The zero-order valence-electron chi connectivity index (χ0n) is 17.3. The van der Waals surface area contributed by atoms with E-state index in [4.69, 9.17) is 0 Å². The fourth-order valence-corrected chi connectivity index (χ4v) is 5.50. The van der Waals surface area contributed by atoms with Crippen LogP contribution in [0.15, 0.2) is 30.6 Å². The fraction of sp³-hybridized carbons (Fsp3) is 0.583. The summed E-state index contributed by atoms with van der Waals surface area (Å²) in [6.07, 6.45) is 13.3. The second-order valence-corrected chi connectivity index (χ2v) is 9.13. The summed E-state index contributed by atoms with van der Waals surface area (Å²) >= 11 is 0. The van der Waals surface area contributed by atoms with Gasteiger partial charge < -0.3 is 9.80 Å². The van der Waals surface area contributed by atoms with Crippen LogP contribution in [-0.4, -0.2) is 47.2 Å². The van der Waals surface area contributed by atoms with Crippen LogP contribution in [0.2, 0.25) is 0 Å². The van der Waals surface area contributed by atoms with Crippen LogP contribution in [0.3, 0.4) is 0 Å². The molecular weight excluding hydrogens is 360 g/mol. The van der Waals surface area contributed by atoms with Crippen molar-refractivity contribution in [3.63, 3.8) is 0 Å². The molecule has 29 heavy (non-hydrogen) atoms. The van der Waals surface area contributed by atoms with E-state index in [1.165, 1.54) is 36.1 Å². The van der Waals surface area contributed by atoms with Crippen molar-refractivity contribution in [1.29, 1.82) is 0 Å². The lowest BCUT2D eigenvalue weighted by Gasteiger charge is -2.36. The molecule has 1 aromatic carbocycles. The van der Waals surface area contributed by atoms with Gasteiger partial charge in [0.15, 0.2) is 0 Å². The zero-order valence-corrected chi connectivity index (χ0v) is 17.3. The smallest absolute Gasteiger partial charge is 0.225 e. The summed E-state index contributed by atoms with van der Waals surface area (Å²) in [5.41, 5.74) is 5.25. The SMILES string of the molecule is O=C(C1CCCCC1)N1CCC(CN2CCc3cc(-c4cn[nH]c4)ccc32)CC1. The highest BCUT2D eigenvalue weighted by Gasteiger charge is 2.30. The second kappa shape index (κ2) is 8.21. The molecular formula is C24H32N4O. The van der Waals surface area contributed by atoms with Gasteiger partial charge in [-0.25, -0.2) is 0 Å². The van der Waals surface area contributed by atoms with Crippen LogP contribution in [-0.2, 0) is 11.2 Å². The predicted molar refractivity (Wildman–Crippen MR) is 116 cm³/mol. The van der Waals surface area contributed by atoms with Crippen LogP contribution in [0, 0.1) is 11.8 Å². The number of anilines is 1. The first-order chi connectivity index (χ1) is 14.3. The average molecular weight is 393 g/mol. The Bertz CT molecular complexity index is 833. The minimum Gasteiger partial charge on any atom is -0.371 e. The number of aromatic amines is 1. The number of piperidine rings is 1. The van der Waals surface area contributed by atoms with Gasteiger partial charge >= 0.3 is 0 Å². The molecule has 5 nitrogen and oxygen atoms in total. The third kappa shape index (κ3) is 3.92. The lowest BCUT2D eigenvalue weighted by atomic mass is 9.87. The standard InChI is InChI=1S/C24H32N4O/c29-24(19-4-2-1-3-5-19)27-11-8-18(9-12-27)17-28-13-10-21-14-20(6-7-23(21)28)22-15-25-26-16-22/h6-7,14-16,18-19H,1-5,8-13,17H2,(H,25,26). The third-order valence-electron chi connectivity index (χ3n) is 7.26. The van der Waals surface area contributed by atoms with E-state index < -0.39 is 0 Å². The van der Waals surface area contributed by atoms with Gasteiger partial charge in [-0.2, -0.15) is 5.10 Å². The highest BCUT2D eigenvalue weighted by molar-refractivity contribution is 5.79. The van der Waals surface area contributed by atoms with Crippen LogP contribution in [0.1, 0.15) is 50.5 Å². The molecule has 1 aliphatic carbocycles. The van der Waals surface area contributed by atoms with Crippen molar-refractivity contribution in [2.75, 3.05) is 31.1 Å². The summed E-state index contributed by atoms with van der Waals surface area (Å²) in [7, 11) is 0. The zero-order chi connectivity index (χ0) is 19.6. The summed E-state index contributed by atoms with van der Waals surface area (Å²) in [6, 6.07) is 6.82. The number of aromatic nitrogens is 2. The number of hydrogen-bond acceptors (Lipinski definition) is 3. The maximum Gasteiger partial charge on any atom is 0.225 e. The second-order valence-electron chi connectivity index (χ2n) is 9.13. The van der Waals surface area contributed by atoms with Crippen LogP contribution >= 0.6 is 0 Å². The average Bonchev–Trinajstić information content (AvgIpc) is 3.45. The Morgan fingerprint density at radius 3 is 2.62 bits per heavy atom. The molecule has 0 atom stereocenters. The van der Waals surface area contributed by atoms with Gasteiger partial charge in [0.2, 0.25) is 5.91 Å². The molecule has 1 aromatic heterocycles. The molecule has 0 radical (unpaired) electrons. The van der Waals surface area contributed by atoms with E-state index in [2.05, 4.69) is 38.2 Å². The summed E-state index contributed by atoms with van der Waals surface area (Å²) in [5, 5.41) is 6.97. The van der Waals surface area contributed by atoms with E-state index in [-0.39, 0.29) is 0 Å². The number of benzene rings is 1. The van der Waals surface area contributed by atoms with E-state index in [0.29, 0.717) is 17.7 Å². The molecule has 2 aliphatic heterocycles. The van der Waals surface area contributed by atoms with E-state index >= 15 is 0 Å². The first kappa shape index (κ1) is 18.7. The number of H-pyrrole nitrogens is 1. The van der Waals surface area contributed by atoms with Gasteiger partial charge in [-0.3, -0.25) is 9.89 Å². The highest BCUT2D eigenvalue weighted by atomic mass is 16.2. The number of fused-ring (bicyclic) bond motifs is 1. The van der Waals surface area contributed by atoms with Gasteiger partial charge in [0, 0.05) is 49.5 Å². The van der Waals surface area contributed by atoms with Crippen molar-refractivity contribution in [2.45, 2.75) is 51.4 Å². The number of hydrogen-bond donors (Lipinski definition) is 1. The maximum absolute atomic E-state index is 12.8. The van der Waals surface area contributed by atoms with Crippen molar-refractivity contribution in [2.24, 2.45) is 11.8 Å². The number of carbonyl (C=O) groups is 1. The Kier molecular flexibility index (Phi) is 5.30. The van der Waals surface area contributed by atoms with Crippen molar-refractivity contribution in [3.05, 3.63) is 36.2 Å². The Hall–Kier alpha value is -2.30. The Morgan fingerprint density at radius 2 is 1.86 bits per heavy atom. The highest BCUT2D eigenvalue weighted by Crippen LogP contribution is 2.34. The molecule has 2 fully saturated rings. The van der Waals surface area contributed by atoms with Crippen molar-refractivity contribution >= 4 is 11.6 Å². The van der Waals surface area contributed by atoms with Crippen molar-refractivity contribution in [1.82, 2.24) is 15.1 Å². The number of nitrogens with zero attached hydrogens (tertiary/aromatic N) is 3. The largest absolute Gasteiger partial charge is 0.371 e. The van der Waals surface area contributed by atoms with Crippen LogP contribution in [0.5, 0.6) is 0 Å².